The fourth-order valence-electron chi connectivity index (χ4n) is 2.40. The number of rotatable bonds is 15. The van der Waals surface area contributed by atoms with Gasteiger partial charge in [-0.3, -0.25) is 9.59 Å². The lowest BCUT2D eigenvalue weighted by Crippen LogP contribution is -2.24. The van der Waals surface area contributed by atoms with E-state index in [1.807, 2.05) is 0 Å². The van der Waals surface area contributed by atoms with E-state index < -0.39 is 0 Å². The minimum Gasteiger partial charge on any atom is -0.381 e. The molecule has 132 valence electrons. The van der Waals surface area contributed by atoms with Gasteiger partial charge in [-0.05, 0) is 30.7 Å². The van der Waals surface area contributed by atoms with Gasteiger partial charge < -0.3 is 10.5 Å². The fraction of sp³-hybridized carbons (Fsp3) is 0.875. The highest BCUT2D eigenvalue weighted by Crippen LogP contribution is 2.18. The maximum Gasteiger partial charge on any atom is 0.220 e. The number of azide groups is 1. The minimum atomic E-state index is -0.215. The van der Waals surface area contributed by atoms with Gasteiger partial charge in [-0.1, -0.05) is 31.8 Å². The molecule has 7 nitrogen and oxygen atoms in total. The number of nitrogens with two attached hydrogens (primary N) is 1. The summed E-state index contributed by atoms with van der Waals surface area (Å²) in [6.45, 7) is 5.19. The van der Waals surface area contributed by atoms with Crippen LogP contribution in [-0.4, -0.2) is 31.4 Å². The molecule has 0 saturated heterocycles. The van der Waals surface area contributed by atoms with Crippen LogP contribution >= 0.6 is 0 Å². The Labute approximate surface area is 138 Å². The van der Waals surface area contributed by atoms with E-state index in [1.54, 1.807) is 0 Å². The van der Waals surface area contributed by atoms with Crippen LogP contribution in [0.15, 0.2) is 5.11 Å². The van der Waals surface area contributed by atoms with Crippen molar-refractivity contribution in [3.05, 3.63) is 10.4 Å². The van der Waals surface area contributed by atoms with Gasteiger partial charge in [0.2, 0.25) is 5.91 Å². The summed E-state index contributed by atoms with van der Waals surface area (Å²) in [6.07, 6.45) is 5.29. The number of unbranched alkanes of at least 4 members (excludes halogenated alkanes) is 2. The van der Waals surface area contributed by atoms with Crippen molar-refractivity contribution >= 4 is 11.7 Å². The van der Waals surface area contributed by atoms with Crippen LogP contribution in [0.1, 0.15) is 58.8 Å². The highest BCUT2D eigenvalue weighted by atomic mass is 16.5. The molecule has 0 heterocycles. The summed E-state index contributed by atoms with van der Waals surface area (Å²) in [6, 6.07) is 0. The topological polar surface area (TPSA) is 118 Å². The van der Waals surface area contributed by atoms with Gasteiger partial charge in [-0.25, -0.2) is 0 Å². The normalized spacial score (nSPS) is 12.0. The summed E-state index contributed by atoms with van der Waals surface area (Å²) in [5.74, 6) is 0.387. The Morgan fingerprint density at radius 3 is 2.52 bits per heavy atom. The molecule has 0 saturated carbocycles. The largest absolute Gasteiger partial charge is 0.381 e. The molecule has 0 aliphatic carbocycles. The average Bonchev–Trinajstić information content (AvgIpc) is 2.48. The molecule has 0 fully saturated rings. The molecule has 7 heteroatoms. The Bertz CT molecular complexity index is 393. The molecule has 0 rings (SSSR count). The first kappa shape index (κ1) is 21.4. The molecule has 0 aliphatic heterocycles. The maximum atomic E-state index is 11.6. The molecule has 1 unspecified atom stereocenters. The van der Waals surface area contributed by atoms with Gasteiger partial charge in [-0.2, -0.15) is 0 Å². The van der Waals surface area contributed by atoms with Crippen LogP contribution in [0.3, 0.4) is 0 Å². The standard InChI is InChI=1S/C16H30N4O3/c1-13(2)12-14(16(17)22)6-4-3-5-7-15(21)8-10-23-11-9-19-20-18/h13-14H,3-12H2,1-2H3,(H2,17,22). The van der Waals surface area contributed by atoms with Gasteiger partial charge in [0.15, 0.2) is 0 Å². The van der Waals surface area contributed by atoms with Gasteiger partial charge in [-0.15, -0.1) is 0 Å². The van der Waals surface area contributed by atoms with Gasteiger partial charge in [0.25, 0.3) is 0 Å². The molecule has 0 aliphatic rings. The van der Waals surface area contributed by atoms with E-state index in [4.69, 9.17) is 16.0 Å². The lowest BCUT2D eigenvalue weighted by molar-refractivity contribution is -0.123. The minimum absolute atomic E-state index is 0.0461. The van der Waals surface area contributed by atoms with Gasteiger partial charge in [0, 0.05) is 30.2 Å². The summed E-state index contributed by atoms with van der Waals surface area (Å²) in [5, 5.41) is 3.34. The van der Waals surface area contributed by atoms with Crippen molar-refractivity contribution in [1.82, 2.24) is 0 Å². The molecular weight excluding hydrogens is 296 g/mol. The van der Waals surface area contributed by atoms with Crippen molar-refractivity contribution < 1.29 is 14.3 Å². The van der Waals surface area contributed by atoms with E-state index in [0.717, 1.165) is 32.1 Å². The highest BCUT2D eigenvalue weighted by Gasteiger charge is 2.16. The number of carbonyl (C=O) groups excluding carboxylic acids is 2. The van der Waals surface area contributed by atoms with Crippen LogP contribution in [-0.2, 0) is 14.3 Å². The third kappa shape index (κ3) is 13.8. The van der Waals surface area contributed by atoms with Gasteiger partial charge in [0.05, 0.1) is 13.2 Å². The lowest BCUT2D eigenvalue weighted by atomic mass is 9.91. The Kier molecular flexibility index (Phi) is 13.1. The van der Waals surface area contributed by atoms with Crippen LogP contribution in [0.5, 0.6) is 0 Å². The number of ketones is 1. The van der Waals surface area contributed by atoms with Crippen molar-refractivity contribution in [3.63, 3.8) is 0 Å². The van der Waals surface area contributed by atoms with Crippen molar-refractivity contribution in [1.29, 1.82) is 0 Å². The Morgan fingerprint density at radius 2 is 1.91 bits per heavy atom. The zero-order chi connectivity index (χ0) is 17.5. The second kappa shape index (κ2) is 14.0. The number of nitrogens with zero attached hydrogens (tertiary/aromatic N) is 3. The zero-order valence-corrected chi connectivity index (χ0v) is 14.4. The van der Waals surface area contributed by atoms with E-state index in [1.165, 1.54) is 0 Å². The van der Waals surface area contributed by atoms with Crippen LogP contribution in [0.4, 0.5) is 0 Å². The first-order valence-electron chi connectivity index (χ1n) is 8.37. The smallest absolute Gasteiger partial charge is 0.220 e. The van der Waals surface area contributed by atoms with Crippen LogP contribution < -0.4 is 5.73 Å². The Balaban J connectivity index is 3.60. The van der Waals surface area contributed by atoms with E-state index >= 15 is 0 Å². The highest BCUT2D eigenvalue weighted by molar-refractivity contribution is 5.78. The predicted octanol–water partition coefficient (Wildman–Crippen LogP) is 3.37. The van der Waals surface area contributed by atoms with Gasteiger partial charge >= 0.3 is 0 Å². The number of ether oxygens (including phenoxy) is 1. The third-order valence-electron chi connectivity index (χ3n) is 3.59. The molecule has 1 atom stereocenters. The summed E-state index contributed by atoms with van der Waals surface area (Å²) >= 11 is 0. The monoisotopic (exact) mass is 326 g/mol. The van der Waals surface area contributed by atoms with E-state index in [0.29, 0.717) is 38.5 Å². The molecule has 2 N–H and O–H groups in total. The van der Waals surface area contributed by atoms with Crippen LogP contribution in [0.2, 0.25) is 0 Å². The zero-order valence-electron chi connectivity index (χ0n) is 14.4. The van der Waals surface area contributed by atoms with Crippen LogP contribution in [0.25, 0.3) is 10.4 Å². The molecule has 0 bridgehead atoms. The molecule has 0 aromatic heterocycles. The van der Waals surface area contributed by atoms with Crippen LogP contribution in [0, 0.1) is 11.8 Å². The fourth-order valence-corrected chi connectivity index (χ4v) is 2.40. The molecule has 0 spiro atoms. The molecule has 0 aromatic rings. The SMILES string of the molecule is CC(C)CC(CCCCCC(=O)CCOCCN=[N+]=[N-])C(N)=O. The second-order valence-electron chi connectivity index (χ2n) is 6.18. The van der Waals surface area contributed by atoms with E-state index in [2.05, 4.69) is 23.9 Å². The number of amides is 1. The summed E-state index contributed by atoms with van der Waals surface area (Å²) in [7, 11) is 0. The molecule has 1 amide bonds. The number of hydrogen-bond donors (Lipinski definition) is 1. The molecule has 0 aromatic carbocycles. The first-order chi connectivity index (χ1) is 11.0. The van der Waals surface area contributed by atoms with Crippen molar-refractivity contribution in [2.24, 2.45) is 22.7 Å². The van der Waals surface area contributed by atoms with E-state index in [-0.39, 0.29) is 17.6 Å². The maximum absolute atomic E-state index is 11.6. The van der Waals surface area contributed by atoms with E-state index in [9.17, 15) is 9.59 Å². The number of primary amides is 1. The molecule has 23 heavy (non-hydrogen) atoms. The summed E-state index contributed by atoms with van der Waals surface area (Å²) < 4.78 is 5.19. The number of carbonyl (C=O) groups is 2. The Morgan fingerprint density at radius 1 is 1.17 bits per heavy atom. The number of hydrogen-bond acceptors (Lipinski definition) is 4. The summed E-state index contributed by atoms with van der Waals surface area (Å²) in [4.78, 5) is 25.6. The molecule has 0 radical (unpaired) electrons. The lowest BCUT2D eigenvalue weighted by Gasteiger charge is -2.15. The quantitative estimate of drug-likeness (QED) is 0.215. The van der Waals surface area contributed by atoms with Gasteiger partial charge in [0.1, 0.15) is 5.78 Å². The summed E-state index contributed by atoms with van der Waals surface area (Å²) in [5.41, 5.74) is 13.5. The Hall–Kier alpha value is -1.59. The molecular formula is C16H30N4O3. The first-order valence-corrected chi connectivity index (χ1v) is 8.37. The third-order valence-corrected chi connectivity index (χ3v) is 3.59. The van der Waals surface area contributed by atoms with Crippen molar-refractivity contribution in [3.8, 4) is 0 Å². The van der Waals surface area contributed by atoms with Crippen molar-refractivity contribution in [2.45, 2.75) is 58.8 Å². The second-order valence-corrected chi connectivity index (χ2v) is 6.18. The van der Waals surface area contributed by atoms with Crippen molar-refractivity contribution in [2.75, 3.05) is 19.8 Å². The average molecular weight is 326 g/mol. The predicted molar refractivity (Wildman–Crippen MR) is 89.7 cm³/mol. The number of Topliss-reactive ketones (excluding diaryl/α,β-unsaturated/α-hetero) is 1.